The van der Waals surface area contributed by atoms with Crippen LogP contribution < -0.4 is 0 Å². The van der Waals surface area contributed by atoms with Gasteiger partial charge < -0.3 is 0 Å². The summed E-state index contributed by atoms with van der Waals surface area (Å²) in [5, 5.41) is 4.31. The molecule has 0 aromatic rings. The second-order valence-electron chi connectivity index (χ2n) is 2.44. The summed E-state index contributed by atoms with van der Waals surface area (Å²) in [7, 11) is 0. The monoisotopic (exact) mass is 148 g/mol. The van der Waals surface area contributed by atoms with Gasteiger partial charge in [-0.1, -0.05) is 12.1 Å². The first-order valence-electron chi connectivity index (χ1n) is 3.29. The van der Waals surface area contributed by atoms with Crippen LogP contribution in [-0.4, -0.2) is 0 Å². The van der Waals surface area contributed by atoms with Crippen molar-refractivity contribution in [2.45, 2.75) is 6.92 Å². The third-order valence-corrected chi connectivity index (χ3v) is 2.43. The van der Waals surface area contributed by atoms with E-state index >= 15 is 0 Å². The van der Waals surface area contributed by atoms with Crippen molar-refractivity contribution in [1.82, 2.24) is 0 Å². The molecule has 1 heterocycles. The minimum absolute atomic E-state index is 1.36. The zero-order chi connectivity index (χ0) is 6.97. The molecule has 0 atom stereocenters. The van der Waals surface area contributed by atoms with E-state index in [-0.39, 0.29) is 0 Å². The summed E-state index contributed by atoms with van der Waals surface area (Å²) in [6, 6.07) is 6.49. The van der Waals surface area contributed by atoms with Crippen molar-refractivity contribution in [2.75, 3.05) is 0 Å². The van der Waals surface area contributed by atoms with Crippen molar-refractivity contribution < 1.29 is 0 Å². The van der Waals surface area contributed by atoms with E-state index in [2.05, 4.69) is 35.9 Å². The van der Waals surface area contributed by atoms with Crippen molar-refractivity contribution in [2.24, 2.45) is 0 Å². The van der Waals surface area contributed by atoms with E-state index < -0.39 is 0 Å². The van der Waals surface area contributed by atoms with Crippen molar-refractivity contribution in [3.8, 4) is 11.1 Å². The third kappa shape index (κ3) is 0.745. The molecule has 0 amide bonds. The minimum atomic E-state index is 1.36. The van der Waals surface area contributed by atoms with E-state index in [0.29, 0.717) is 0 Å². The number of hydrogen-bond donors (Lipinski definition) is 0. The Kier molecular flexibility index (Phi) is 1.24. The normalized spacial score (nSPS) is 10.5. The topological polar surface area (TPSA) is 0 Å². The molecule has 0 saturated carbocycles. The van der Waals surface area contributed by atoms with Crippen LogP contribution in [0.1, 0.15) is 5.56 Å². The molecule has 2 aliphatic rings. The zero-order valence-electron chi connectivity index (χ0n) is 5.79. The molecule has 2 rings (SSSR count). The van der Waals surface area contributed by atoms with Gasteiger partial charge in [0.2, 0.25) is 0 Å². The Balaban J connectivity index is 2.78. The van der Waals surface area contributed by atoms with Crippen molar-refractivity contribution >= 4 is 11.3 Å². The summed E-state index contributed by atoms with van der Waals surface area (Å²) in [5.74, 6) is 0. The zero-order valence-corrected chi connectivity index (χ0v) is 6.61. The molecular weight excluding hydrogens is 140 g/mol. The molecular formula is C9H8S. The van der Waals surface area contributed by atoms with Gasteiger partial charge >= 0.3 is 0 Å². The van der Waals surface area contributed by atoms with E-state index in [1.165, 1.54) is 16.7 Å². The molecule has 0 bridgehead atoms. The predicted molar refractivity (Wildman–Crippen MR) is 45.7 cm³/mol. The number of hydrogen-bond acceptors (Lipinski definition) is 1. The highest BCUT2D eigenvalue weighted by atomic mass is 32.1. The number of aryl methyl sites for hydroxylation is 1. The van der Waals surface area contributed by atoms with Crippen molar-refractivity contribution in [3.05, 3.63) is 34.5 Å². The summed E-state index contributed by atoms with van der Waals surface area (Å²) in [6.07, 6.45) is 0. The van der Waals surface area contributed by atoms with Gasteiger partial charge in [0.05, 0.1) is 0 Å². The van der Waals surface area contributed by atoms with Gasteiger partial charge in [0.25, 0.3) is 0 Å². The van der Waals surface area contributed by atoms with Gasteiger partial charge in [0.15, 0.2) is 0 Å². The molecule has 1 heteroatoms. The van der Waals surface area contributed by atoms with Gasteiger partial charge in [-0.05, 0) is 40.4 Å². The first kappa shape index (κ1) is 5.93. The maximum absolute atomic E-state index is 2.20. The molecule has 0 spiro atoms. The lowest BCUT2D eigenvalue weighted by atomic mass is 10.2. The van der Waals surface area contributed by atoms with Gasteiger partial charge in [-0.25, -0.2) is 0 Å². The van der Waals surface area contributed by atoms with Crippen molar-refractivity contribution in [3.63, 3.8) is 0 Å². The van der Waals surface area contributed by atoms with E-state index in [1.807, 2.05) is 0 Å². The van der Waals surface area contributed by atoms with Crippen LogP contribution in [0.25, 0.3) is 11.1 Å². The van der Waals surface area contributed by atoms with Gasteiger partial charge in [-0.15, -0.1) is 0 Å². The summed E-state index contributed by atoms with van der Waals surface area (Å²) < 4.78 is 0. The predicted octanol–water partition coefficient (Wildman–Crippen LogP) is 3.16. The van der Waals surface area contributed by atoms with Crippen LogP contribution >= 0.6 is 11.3 Å². The maximum Gasteiger partial charge on any atom is -0.00123 e. The van der Waals surface area contributed by atoms with Crippen LogP contribution in [0, 0.1) is 6.92 Å². The average Bonchev–Trinajstić information content (AvgIpc) is 2.34. The fourth-order valence-corrected chi connectivity index (χ4v) is 1.91. The Bertz CT molecular complexity index is 309. The second kappa shape index (κ2) is 2.10. The lowest BCUT2D eigenvalue weighted by Crippen LogP contribution is -1.70. The van der Waals surface area contributed by atoms with Gasteiger partial charge in [0, 0.05) is 0 Å². The highest BCUT2D eigenvalue weighted by molar-refractivity contribution is 7.07. The van der Waals surface area contributed by atoms with Crippen LogP contribution in [0.5, 0.6) is 0 Å². The second-order valence-corrected chi connectivity index (χ2v) is 3.22. The molecule has 50 valence electrons. The van der Waals surface area contributed by atoms with Crippen LogP contribution in [0.2, 0.25) is 0 Å². The average molecular weight is 148 g/mol. The van der Waals surface area contributed by atoms with Gasteiger partial charge in [0.1, 0.15) is 0 Å². The lowest BCUT2D eigenvalue weighted by Gasteiger charge is -1.95. The van der Waals surface area contributed by atoms with E-state index in [4.69, 9.17) is 0 Å². The summed E-state index contributed by atoms with van der Waals surface area (Å²) in [4.78, 5) is 0. The molecule has 0 nitrogen and oxygen atoms in total. The minimum Gasteiger partial charge on any atom is -0.152 e. The summed E-state index contributed by atoms with van der Waals surface area (Å²) in [6.45, 7) is 2.15. The third-order valence-electron chi connectivity index (χ3n) is 1.76. The summed E-state index contributed by atoms with van der Waals surface area (Å²) >= 11 is 1.75. The first-order chi connectivity index (χ1) is 4.88. The molecule has 0 radical (unpaired) electrons. The molecule has 0 saturated heterocycles. The fourth-order valence-electron chi connectivity index (χ4n) is 1.15. The SMILES string of the molecule is Cc1ccc2ccscc1-2. The van der Waals surface area contributed by atoms with Crippen LogP contribution in [0.15, 0.2) is 29.0 Å². The van der Waals surface area contributed by atoms with E-state index in [9.17, 15) is 0 Å². The molecule has 1 aliphatic carbocycles. The lowest BCUT2D eigenvalue weighted by molar-refractivity contribution is 1.55. The molecule has 0 aromatic carbocycles. The van der Waals surface area contributed by atoms with Crippen LogP contribution in [0.4, 0.5) is 0 Å². The number of rotatable bonds is 0. The Morgan fingerprint density at radius 1 is 1.20 bits per heavy atom. The first-order valence-corrected chi connectivity index (χ1v) is 4.24. The number of fused-ring (bicyclic) bond motifs is 1. The summed E-state index contributed by atoms with van der Waals surface area (Å²) in [5.41, 5.74) is 4.13. The van der Waals surface area contributed by atoms with Crippen LogP contribution in [0.3, 0.4) is 0 Å². The Morgan fingerprint density at radius 2 is 2.10 bits per heavy atom. The smallest absolute Gasteiger partial charge is 0.00123 e. The van der Waals surface area contributed by atoms with Gasteiger partial charge in [-0.3, -0.25) is 0 Å². The standard InChI is InChI=1S/C9H8S/c1-7-2-3-8-4-5-10-6-9(7)8/h2-6H,1H3. The van der Waals surface area contributed by atoms with Crippen LogP contribution in [-0.2, 0) is 0 Å². The largest absolute Gasteiger partial charge is 0.152 e. The van der Waals surface area contributed by atoms with E-state index in [0.717, 1.165) is 0 Å². The Labute approximate surface area is 64.5 Å². The highest BCUT2D eigenvalue weighted by Gasteiger charge is 2.02. The molecule has 0 unspecified atom stereocenters. The maximum atomic E-state index is 2.20. The van der Waals surface area contributed by atoms with Crippen molar-refractivity contribution in [1.29, 1.82) is 0 Å². The molecule has 0 aromatic heterocycles. The molecule has 0 fully saturated rings. The molecule has 10 heavy (non-hydrogen) atoms. The quantitative estimate of drug-likeness (QED) is 0.538. The Morgan fingerprint density at radius 3 is 2.90 bits per heavy atom. The Hall–Kier alpha value is -0.820. The van der Waals surface area contributed by atoms with E-state index in [1.54, 1.807) is 11.3 Å². The highest BCUT2D eigenvalue weighted by Crippen LogP contribution is 2.27. The molecule has 1 aliphatic heterocycles. The molecule has 0 N–H and O–H groups in total. The van der Waals surface area contributed by atoms with Gasteiger partial charge in [-0.2, -0.15) is 11.3 Å². The fraction of sp³-hybridized carbons (Fsp3) is 0.111.